The number of halogens is 1. The lowest BCUT2D eigenvalue weighted by molar-refractivity contribution is 0.251. The summed E-state index contributed by atoms with van der Waals surface area (Å²) in [5.74, 6) is 0. The predicted octanol–water partition coefficient (Wildman–Crippen LogP) is 2.22. The molecular weight excluding hydrogens is 312 g/mol. The van der Waals surface area contributed by atoms with E-state index in [1.165, 1.54) is 30.4 Å². The van der Waals surface area contributed by atoms with E-state index in [2.05, 4.69) is 5.32 Å². The molecule has 2 rings (SSSR count). The Morgan fingerprint density at radius 3 is 2.43 bits per heavy atom. The number of rotatable bonds is 3. The molecule has 7 heteroatoms. The van der Waals surface area contributed by atoms with Crippen LogP contribution in [0.2, 0.25) is 0 Å². The summed E-state index contributed by atoms with van der Waals surface area (Å²) in [6.45, 7) is 1.87. The molecule has 0 aliphatic heterocycles. The molecule has 2 amide bonds. The van der Waals surface area contributed by atoms with Gasteiger partial charge in [0.1, 0.15) is 0 Å². The minimum atomic E-state index is -3.74. The Kier molecular flexibility index (Phi) is 4.11. The van der Waals surface area contributed by atoms with Gasteiger partial charge in [0, 0.05) is 12.1 Å². The number of benzene rings is 1. The summed E-state index contributed by atoms with van der Waals surface area (Å²) in [7, 11) is -3.74. The molecule has 1 unspecified atom stereocenters. The molecule has 1 aromatic carbocycles. The highest BCUT2D eigenvalue weighted by molar-refractivity contribution is 7.94. The monoisotopic (exact) mass is 326 g/mol. The van der Waals surface area contributed by atoms with Gasteiger partial charge in [-0.2, -0.15) is 0 Å². The van der Waals surface area contributed by atoms with E-state index in [9.17, 15) is 13.2 Å². The quantitative estimate of drug-likeness (QED) is 0.834. The van der Waals surface area contributed by atoms with Crippen molar-refractivity contribution in [1.82, 2.24) is 5.32 Å². The van der Waals surface area contributed by atoms with Gasteiger partial charge in [-0.25, -0.2) is 13.2 Å². The topological polar surface area (TPSA) is 89.3 Å². The Bertz CT molecular complexity index is 723. The van der Waals surface area contributed by atoms with Crippen LogP contribution in [-0.4, -0.2) is 18.7 Å². The van der Waals surface area contributed by atoms with E-state index in [-0.39, 0.29) is 11.3 Å². The SMILES string of the molecule is Cc1ccc(S(=O)(=O)C2(Cl)C=CC(NC(N)=O)=CC2)cc1. The summed E-state index contributed by atoms with van der Waals surface area (Å²) < 4.78 is 23.7. The number of urea groups is 1. The highest BCUT2D eigenvalue weighted by atomic mass is 35.5. The van der Waals surface area contributed by atoms with Crippen LogP contribution in [0.5, 0.6) is 0 Å². The van der Waals surface area contributed by atoms with Crippen molar-refractivity contribution in [1.29, 1.82) is 0 Å². The van der Waals surface area contributed by atoms with Crippen molar-refractivity contribution in [2.24, 2.45) is 5.73 Å². The zero-order chi connectivity index (χ0) is 15.7. The third kappa shape index (κ3) is 3.11. The number of nitrogens with one attached hydrogen (secondary N) is 1. The first-order valence-electron chi connectivity index (χ1n) is 6.21. The normalized spacial score (nSPS) is 21.7. The van der Waals surface area contributed by atoms with Crippen LogP contribution in [-0.2, 0) is 9.84 Å². The fourth-order valence-corrected chi connectivity index (χ4v) is 3.79. The van der Waals surface area contributed by atoms with Gasteiger partial charge in [-0.15, -0.1) is 0 Å². The van der Waals surface area contributed by atoms with Gasteiger partial charge in [0.25, 0.3) is 0 Å². The maximum absolute atomic E-state index is 12.6. The third-order valence-electron chi connectivity index (χ3n) is 3.16. The van der Waals surface area contributed by atoms with Gasteiger partial charge in [-0.05, 0) is 31.2 Å². The van der Waals surface area contributed by atoms with Crippen LogP contribution >= 0.6 is 11.6 Å². The van der Waals surface area contributed by atoms with Crippen LogP contribution in [0.4, 0.5) is 4.79 Å². The van der Waals surface area contributed by atoms with Crippen molar-refractivity contribution >= 4 is 27.5 Å². The molecule has 1 aliphatic carbocycles. The van der Waals surface area contributed by atoms with E-state index in [0.29, 0.717) is 5.70 Å². The van der Waals surface area contributed by atoms with E-state index in [1.54, 1.807) is 12.1 Å². The number of primary amides is 1. The van der Waals surface area contributed by atoms with E-state index < -0.39 is 20.1 Å². The molecule has 0 heterocycles. The van der Waals surface area contributed by atoms with E-state index in [4.69, 9.17) is 17.3 Å². The molecule has 0 spiro atoms. The van der Waals surface area contributed by atoms with Gasteiger partial charge >= 0.3 is 6.03 Å². The highest BCUT2D eigenvalue weighted by Crippen LogP contribution is 2.37. The number of carbonyl (C=O) groups is 1. The predicted molar refractivity (Wildman–Crippen MR) is 81.5 cm³/mol. The van der Waals surface area contributed by atoms with Crippen molar-refractivity contribution in [3.8, 4) is 0 Å². The smallest absolute Gasteiger partial charge is 0.316 e. The standard InChI is InChI=1S/C14H15ClN2O3S/c1-10-2-4-12(5-3-10)21(19,20)14(15)8-6-11(7-9-14)17-13(16)18/h2-8H,9H2,1H3,(H3,16,17,18). The van der Waals surface area contributed by atoms with Crippen molar-refractivity contribution < 1.29 is 13.2 Å². The van der Waals surface area contributed by atoms with Crippen LogP contribution in [0.25, 0.3) is 0 Å². The Morgan fingerprint density at radius 2 is 1.95 bits per heavy atom. The second kappa shape index (κ2) is 5.54. The van der Waals surface area contributed by atoms with Crippen LogP contribution < -0.4 is 11.1 Å². The molecule has 0 fully saturated rings. The van der Waals surface area contributed by atoms with Crippen LogP contribution in [0.3, 0.4) is 0 Å². The van der Waals surface area contributed by atoms with Crippen molar-refractivity contribution in [2.75, 3.05) is 0 Å². The fraction of sp³-hybridized carbons (Fsp3) is 0.214. The van der Waals surface area contributed by atoms with Crippen LogP contribution in [0, 0.1) is 6.92 Å². The van der Waals surface area contributed by atoms with Crippen molar-refractivity contribution in [3.05, 3.63) is 53.8 Å². The minimum absolute atomic E-state index is 0.0386. The maximum atomic E-state index is 12.6. The molecule has 1 aliphatic rings. The minimum Gasteiger partial charge on any atom is -0.351 e. The van der Waals surface area contributed by atoms with Gasteiger partial charge in [-0.1, -0.05) is 35.4 Å². The summed E-state index contributed by atoms with van der Waals surface area (Å²) in [5.41, 5.74) is 6.40. The summed E-state index contributed by atoms with van der Waals surface area (Å²) in [6, 6.07) is 5.78. The van der Waals surface area contributed by atoms with Crippen LogP contribution in [0.1, 0.15) is 12.0 Å². The second-order valence-electron chi connectivity index (χ2n) is 4.79. The molecule has 0 radical (unpaired) electrons. The van der Waals surface area contributed by atoms with Gasteiger partial charge < -0.3 is 11.1 Å². The molecule has 5 nitrogen and oxygen atoms in total. The van der Waals surface area contributed by atoms with Gasteiger partial charge in [-0.3, -0.25) is 0 Å². The number of allylic oxidation sites excluding steroid dienone is 2. The molecular formula is C14H15ClN2O3S. The summed E-state index contributed by atoms with van der Waals surface area (Å²) >= 11 is 6.28. The van der Waals surface area contributed by atoms with E-state index in [0.717, 1.165) is 5.56 Å². The Balaban J connectivity index is 2.30. The molecule has 3 N–H and O–H groups in total. The highest BCUT2D eigenvalue weighted by Gasteiger charge is 2.41. The number of alkyl halides is 1. The molecule has 1 atom stereocenters. The molecule has 1 aromatic rings. The molecule has 0 saturated heterocycles. The van der Waals surface area contributed by atoms with E-state index >= 15 is 0 Å². The first-order chi connectivity index (χ1) is 9.74. The Hall–Kier alpha value is -1.79. The largest absolute Gasteiger partial charge is 0.351 e. The number of amides is 2. The van der Waals surface area contributed by atoms with Crippen LogP contribution in [0.15, 0.2) is 53.1 Å². The van der Waals surface area contributed by atoms with Gasteiger partial charge in [0.05, 0.1) is 4.90 Å². The molecule has 21 heavy (non-hydrogen) atoms. The first kappa shape index (κ1) is 15.6. The van der Waals surface area contributed by atoms with Gasteiger partial charge in [0.15, 0.2) is 4.21 Å². The lowest BCUT2D eigenvalue weighted by atomic mass is 10.1. The molecule has 0 saturated carbocycles. The fourth-order valence-electron chi connectivity index (χ4n) is 1.95. The summed E-state index contributed by atoms with van der Waals surface area (Å²) in [5, 5.41) is 2.38. The molecule has 112 valence electrons. The number of hydrogen-bond acceptors (Lipinski definition) is 3. The number of aryl methyl sites for hydroxylation is 1. The van der Waals surface area contributed by atoms with E-state index in [1.807, 2.05) is 6.92 Å². The lowest BCUT2D eigenvalue weighted by Crippen LogP contribution is -2.34. The Labute approximate surface area is 128 Å². The molecule has 0 aromatic heterocycles. The lowest BCUT2D eigenvalue weighted by Gasteiger charge is -2.25. The van der Waals surface area contributed by atoms with Crippen molar-refractivity contribution in [2.45, 2.75) is 22.4 Å². The average Bonchev–Trinajstić information content (AvgIpc) is 2.41. The second-order valence-corrected chi connectivity index (χ2v) is 7.89. The number of sulfone groups is 1. The third-order valence-corrected chi connectivity index (χ3v) is 6.14. The number of hydrogen-bond donors (Lipinski definition) is 2. The number of nitrogens with two attached hydrogens (primary N) is 1. The molecule has 0 bridgehead atoms. The Morgan fingerprint density at radius 1 is 1.33 bits per heavy atom. The summed E-state index contributed by atoms with van der Waals surface area (Å²) in [6.07, 6.45) is 4.36. The summed E-state index contributed by atoms with van der Waals surface area (Å²) in [4.78, 5) is 10.9. The van der Waals surface area contributed by atoms with Gasteiger partial charge in [0.2, 0.25) is 9.84 Å². The zero-order valence-electron chi connectivity index (χ0n) is 11.3. The first-order valence-corrected chi connectivity index (χ1v) is 8.07. The average molecular weight is 327 g/mol. The maximum Gasteiger partial charge on any atom is 0.316 e. The zero-order valence-corrected chi connectivity index (χ0v) is 12.9. The number of carbonyl (C=O) groups excluding carboxylic acids is 1. The van der Waals surface area contributed by atoms with Crippen molar-refractivity contribution in [3.63, 3.8) is 0 Å².